The van der Waals surface area contributed by atoms with Gasteiger partial charge < -0.3 is 15.0 Å². The van der Waals surface area contributed by atoms with Gasteiger partial charge in [-0.3, -0.25) is 0 Å². The van der Waals surface area contributed by atoms with Crippen molar-refractivity contribution >= 4 is 11.7 Å². The first kappa shape index (κ1) is 14.7. The van der Waals surface area contributed by atoms with Gasteiger partial charge in [-0.05, 0) is 45.1 Å². The highest BCUT2D eigenvalue weighted by Gasteiger charge is 2.22. The summed E-state index contributed by atoms with van der Waals surface area (Å²) in [4.78, 5) is 13.5. The summed E-state index contributed by atoms with van der Waals surface area (Å²) in [7, 11) is 3.16. The van der Waals surface area contributed by atoms with Gasteiger partial charge in [-0.2, -0.15) is 0 Å². The van der Waals surface area contributed by atoms with Crippen molar-refractivity contribution in [2.75, 3.05) is 32.6 Å². The quantitative estimate of drug-likeness (QED) is 0.865. The van der Waals surface area contributed by atoms with Gasteiger partial charge in [-0.15, -0.1) is 0 Å². The van der Waals surface area contributed by atoms with E-state index in [-0.39, 0.29) is 17.3 Å². The number of esters is 1. The Labute approximate surface area is 116 Å². The van der Waals surface area contributed by atoms with Gasteiger partial charge >= 0.3 is 5.97 Å². The van der Waals surface area contributed by atoms with Crippen molar-refractivity contribution in [3.05, 3.63) is 29.3 Å². The number of anilines is 1. The second kappa shape index (κ2) is 6.17. The molecule has 1 heterocycles. The number of ether oxygens (including phenoxy) is 1. The second-order valence-electron chi connectivity index (χ2n) is 5.00. The van der Waals surface area contributed by atoms with Crippen molar-refractivity contribution in [3.8, 4) is 0 Å². The number of hydrogen-bond acceptors (Lipinski definition) is 4. The highest BCUT2D eigenvalue weighted by atomic mass is 19.2. The Morgan fingerprint density at radius 2 is 1.95 bits per heavy atom. The number of hydrogen-bond donors (Lipinski definition) is 1. The molecule has 1 saturated heterocycles. The summed E-state index contributed by atoms with van der Waals surface area (Å²) in [6.45, 7) is 1.84. The summed E-state index contributed by atoms with van der Waals surface area (Å²) >= 11 is 0. The molecule has 1 aromatic rings. The van der Waals surface area contributed by atoms with E-state index in [0.29, 0.717) is 0 Å². The molecule has 0 radical (unpaired) electrons. The minimum atomic E-state index is -1.17. The predicted molar refractivity (Wildman–Crippen MR) is 71.8 cm³/mol. The third kappa shape index (κ3) is 3.07. The third-order valence-electron chi connectivity index (χ3n) is 3.57. The lowest BCUT2D eigenvalue weighted by molar-refractivity contribution is 0.0594. The van der Waals surface area contributed by atoms with Gasteiger partial charge in [0, 0.05) is 6.04 Å². The van der Waals surface area contributed by atoms with Gasteiger partial charge in [-0.1, -0.05) is 0 Å². The van der Waals surface area contributed by atoms with Crippen LogP contribution in [0.2, 0.25) is 0 Å². The molecule has 0 spiro atoms. The fourth-order valence-electron chi connectivity index (χ4n) is 2.30. The van der Waals surface area contributed by atoms with Gasteiger partial charge in [0.1, 0.15) is 0 Å². The molecule has 0 bridgehead atoms. The zero-order chi connectivity index (χ0) is 14.7. The number of carbonyl (C=O) groups excluding carboxylic acids is 1. The summed E-state index contributed by atoms with van der Waals surface area (Å²) in [6.07, 6.45) is 1.74. The zero-order valence-corrected chi connectivity index (χ0v) is 11.6. The number of rotatable bonds is 3. The SMILES string of the molecule is COC(=O)c1ccc(NC2CCN(C)CC2)c(F)c1F. The van der Waals surface area contributed by atoms with Crippen LogP contribution in [0.4, 0.5) is 14.5 Å². The normalized spacial score (nSPS) is 17.0. The Morgan fingerprint density at radius 1 is 1.30 bits per heavy atom. The van der Waals surface area contributed by atoms with Crippen molar-refractivity contribution in [2.24, 2.45) is 0 Å². The molecule has 0 atom stereocenters. The van der Waals surface area contributed by atoms with Crippen LogP contribution < -0.4 is 5.32 Å². The number of likely N-dealkylation sites (tertiary alicyclic amines) is 1. The van der Waals surface area contributed by atoms with Crippen molar-refractivity contribution in [3.63, 3.8) is 0 Å². The van der Waals surface area contributed by atoms with Crippen molar-refractivity contribution in [2.45, 2.75) is 18.9 Å². The fraction of sp³-hybridized carbons (Fsp3) is 0.500. The van der Waals surface area contributed by atoms with Gasteiger partial charge in [0.25, 0.3) is 0 Å². The molecule has 0 saturated carbocycles. The van der Waals surface area contributed by atoms with E-state index in [2.05, 4.69) is 15.0 Å². The van der Waals surface area contributed by atoms with Crippen molar-refractivity contribution < 1.29 is 18.3 Å². The lowest BCUT2D eigenvalue weighted by Crippen LogP contribution is -2.36. The van der Waals surface area contributed by atoms with E-state index in [0.717, 1.165) is 33.0 Å². The number of halogens is 2. The minimum absolute atomic E-state index is 0.0877. The fourth-order valence-corrected chi connectivity index (χ4v) is 2.30. The van der Waals surface area contributed by atoms with Crippen LogP contribution in [-0.4, -0.2) is 44.2 Å². The molecule has 110 valence electrons. The molecule has 1 N–H and O–H groups in total. The number of carbonyl (C=O) groups is 1. The lowest BCUT2D eigenvalue weighted by Gasteiger charge is -2.30. The summed E-state index contributed by atoms with van der Waals surface area (Å²) in [6, 6.07) is 2.73. The van der Waals surface area contributed by atoms with E-state index in [4.69, 9.17) is 0 Å². The molecular formula is C14H18F2N2O2. The predicted octanol–water partition coefficient (Wildman–Crippen LogP) is 2.26. The highest BCUT2D eigenvalue weighted by molar-refractivity contribution is 5.90. The smallest absolute Gasteiger partial charge is 0.340 e. The average molecular weight is 284 g/mol. The maximum atomic E-state index is 13.9. The monoisotopic (exact) mass is 284 g/mol. The molecule has 4 nitrogen and oxygen atoms in total. The van der Waals surface area contributed by atoms with E-state index in [1.165, 1.54) is 12.1 Å². The summed E-state index contributed by atoms with van der Waals surface area (Å²) < 4.78 is 32.1. The number of nitrogens with one attached hydrogen (secondary N) is 1. The lowest BCUT2D eigenvalue weighted by atomic mass is 10.0. The molecule has 1 aliphatic rings. The molecule has 0 aromatic heterocycles. The summed E-state index contributed by atoms with van der Waals surface area (Å²) in [5, 5.41) is 3.00. The molecular weight excluding hydrogens is 266 g/mol. The molecule has 2 rings (SSSR count). The van der Waals surface area contributed by atoms with Gasteiger partial charge in [0.05, 0.1) is 18.4 Å². The first-order valence-electron chi connectivity index (χ1n) is 6.54. The van der Waals surface area contributed by atoms with Crippen LogP contribution in [0, 0.1) is 11.6 Å². The molecule has 20 heavy (non-hydrogen) atoms. The first-order valence-corrected chi connectivity index (χ1v) is 6.54. The standard InChI is InChI=1S/C14H18F2N2O2/c1-18-7-5-9(6-8-18)17-11-4-3-10(14(19)20-2)12(15)13(11)16/h3-4,9,17H,5-8H2,1-2H3. The minimum Gasteiger partial charge on any atom is -0.465 e. The highest BCUT2D eigenvalue weighted by Crippen LogP contribution is 2.23. The number of benzene rings is 1. The van der Waals surface area contributed by atoms with Crippen LogP contribution in [0.15, 0.2) is 12.1 Å². The molecule has 1 fully saturated rings. The van der Waals surface area contributed by atoms with Gasteiger partial charge in [-0.25, -0.2) is 13.6 Å². The topological polar surface area (TPSA) is 41.6 Å². The summed E-state index contributed by atoms with van der Waals surface area (Å²) in [5.74, 6) is -3.09. The third-order valence-corrected chi connectivity index (χ3v) is 3.57. The van der Waals surface area contributed by atoms with E-state index in [1.807, 2.05) is 7.05 Å². The Kier molecular flexibility index (Phi) is 4.54. The maximum Gasteiger partial charge on any atom is 0.340 e. The number of piperidine rings is 1. The molecule has 0 aliphatic carbocycles. The second-order valence-corrected chi connectivity index (χ2v) is 5.00. The van der Waals surface area contributed by atoms with Crippen molar-refractivity contribution in [1.82, 2.24) is 4.90 Å². The largest absolute Gasteiger partial charge is 0.465 e. The Balaban J connectivity index is 2.13. The van der Waals surface area contributed by atoms with E-state index in [1.54, 1.807) is 0 Å². The Morgan fingerprint density at radius 3 is 2.55 bits per heavy atom. The Hall–Kier alpha value is -1.69. The van der Waals surface area contributed by atoms with Crippen LogP contribution >= 0.6 is 0 Å². The van der Waals surface area contributed by atoms with E-state index >= 15 is 0 Å². The Bertz CT molecular complexity index is 500. The van der Waals surface area contributed by atoms with Crippen molar-refractivity contribution in [1.29, 1.82) is 0 Å². The van der Waals surface area contributed by atoms with Crippen LogP contribution in [-0.2, 0) is 4.74 Å². The average Bonchev–Trinajstić information content (AvgIpc) is 2.45. The molecule has 6 heteroatoms. The van der Waals surface area contributed by atoms with Crippen LogP contribution in [0.25, 0.3) is 0 Å². The molecule has 1 aromatic carbocycles. The van der Waals surface area contributed by atoms with E-state index < -0.39 is 17.6 Å². The number of methoxy groups -OCH3 is 1. The van der Waals surface area contributed by atoms with Gasteiger partial charge in [0.2, 0.25) is 0 Å². The maximum absolute atomic E-state index is 13.9. The summed E-state index contributed by atoms with van der Waals surface area (Å²) in [5.41, 5.74) is -0.302. The zero-order valence-electron chi connectivity index (χ0n) is 11.6. The van der Waals surface area contributed by atoms with Gasteiger partial charge in [0.15, 0.2) is 11.6 Å². The first-order chi connectivity index (χ1) is 9.52. The van der Waals surface area contributed by atoms with E-state index in [9.17, 15) is 13.6 Å². The van der Waals surface area contributed by atoms with Crippen LogP contribution in [0.1, 0.15) is 23.2 Å². The van der Waals surface area contributed by atoms with Crippen LogP contribution in [0.5, 0.6) is 0 Å². The molecule has 0 amide bonds. The number of nitrogens with zero attached hydrogens (tertiary/aromatic N) is 1. The van der Waals surface area contributed by atoms with Crippen LogP contribution in [0.3, 0.4) is 0 Å². The molecule has 0 unspecified atom stereocenters. The molecule has 1 aliphatic heterocycles.